The molecule has 43 heavy (non-hydrogen) atoms. The van der Waals surface area contributed by atoms with Crippen molar-refractivity contribution in [2.75, 3.05) is 5.32 Å². The lowest BCUT2D eigenvalue weighted by molar-refractivity contribution is -0.143. The summed E-state index contributed by atoms with van der Waals surface area (Å²) in [7, 11) is 0. The molecule has 0 heterocycles. The van der Waals surface area contributed by atoms with Gasteiger partial charge in [0.2, 0.25) is 5.91 Å². The number of nitrogens with one attached hydrogen (secondary N) is 2. The van der Waals surface area contributed by atoms with Gasteiger partial charge in [-0.05, 0) is 88.8 Å². The zero-order valence-corrected chi connectivity index (χ0v) is 27.2. The first kappa shape index (κ1) is 33.7. The molecular weight excluding hydrogens is 562 g/mol. The summed E-state index contributed by atoms with van der Waals surface area (Å²) in [6, 6.07) is 18.3. The van der Waals surface area contributed by atoms with Gasteiger partial charge in [0.25, 0.3) is 5.91 Å². The molecule has 3 aromatic carbocycles. The maximum absolute atomic E-state index is 14.7. The second-order valence-corrected chi connectivity index (χ2v) is 12.5. The molecule has 0 saturated heterocycles. The normalized spacial score (nSPS) is 13.4. The molecular formula is C35H44ClN3O4. The third kappa shape index (κ3) is 9.07. The highest BCUT2D eigenvalue weighted by Crippen LogP contribution is 2.32. The van der Waals surface area contributed by atoms with Crippen molar-refractivity contribution in [1.29, 1.82) is 0 Å². The minimum Gasteiger partial charge on any atom is -0.444 e. The average Bonchev–Trinajstić information content (AvgIpc) is 2.93. The lowest BCUT2D eigenvalue weighted by Gasteiger charge is -2.38. The Bertz CT molecular complexity index is 1410. The SMILES string of the molecule is CCC(C)N(C(=O)C(Cc1ccccc1)NC(=O)OC(C)(C)C)C(C(=O)Nc1c(C)cccc1Cl)c1ccc(C)c(C)c1. The van der Waals surface area contributed by atoms with E-state index in [2.05, 4.69) is 10.6 Å². The standard InChI is InChI=1S/C35H44ClN3O4/c1-9-25(5)39(33(41)29(21-26-15-11-10-12-16-26)37-34(42)43-35(6,7)8)31(27-19-18-22(2)24(4)20-27)32(40)38-30-23(3)14-13-17-28(30)36/h10-20,25,29,31H,9,21H2,1-8H3,(H,37,42)(H,38,40). The Morgan fingerprint density at radius 1 is 0.907 bits per heavy atom. The molecule has 0 spiro atoms. The summed E-state index contributed by atoms with van der Waals surface area (Å²) in [4.78, 5) is 43.5. The molecule has 0 aromatic heterocycles. The largest absolute Gasteiger partial charge is 0.444 e. The number of hydrogen-bond acceptors (Lipinski definition) is 4. The van der Waals surface area contributed by atoms with Crippen LogP contribution < -0.4 is 10.6 Å². The third-order valence-electron chi connectivity index (χ3n) is 7.44. The molecule has 230 valence electrons. The molecule has 0 aliphatic rings. The van der Waals surface area contributed by atoms with E-state index in [4.69, 9.17) is 16.3 Å². The molecule has 0 aliphatic carbocycles. The quantitative estimate of drug-likeness (QED) is 0.248. The molecule has 7 nitrogen and oxygen atoms in total. The van der Waals surface area contributed by atoms with Crippen LogP contribution in [0.15, 0.2) is 66.7 Å². The lowest BCUT2D eigenvalue weighted by atomic mass is 9.95. The third-order valence-corrected chi connectivity index (χ3v) is 7.75. The summed E-state index contributed by atoms with van der Waals surface area (Å²) in [5.41, 5.74) is 4.12. The summed E-state index contributed by atoms with van der Waals surface area (Å²) < 4.78 is 5.53. The van der Waals surface area contributed by atoms with E-state index < -0.39 is 35.6 Å². The number of ether oxygens (including phenoxy) is 1. The second kappa shape index (κ2) is 14.6. The van der Waals surface area contributed by atoms with Crippen LogP contribution in [-0.2, 0) is 20.7 Å². The number of rotatable bonds is 10. The van der Waals surface area contributed by atoms with E-state index in [9.17, 15) is 14.4 Å². The maximum atomic E-state index is 14.7. The van der Waals surface area contributed by atoms with Crippen molar-refractivity contribution in [3.05, 3.63) is 99.6 Å². The van der Waals surface area contributed by atoms with Crippen LogP contribution in [0.25, 0.3) is 0 Å². The van der Waals surface area contributed by atoms with E-state index in [1.807, 2.05) is 95.3 Å². The maximum Gasteiger partial charge on any atom is 0.408 e. The Balaban J connectivity index is 2.14. The van der Waals surface area contributed by atoms with Crippen molar-refractivity contribution in [3.8, 4) is 0 Å². The summed E-state index contributed by atoms with van der Waals surface area (Å²) in [5, 5.41) is 6.22. The first-order chi connectivity index (χ1) is 20.2. The Kier molecular flexibility index (Phi) is 11.4. The van der Waals surface area contributed by atoms with Gasteiger partial charge in [-0.25, -0.2) is 4.79 Å². The van der Waals surface area contributed by atoms with Crippen LogP contribution in [-0.4, -0.2) is 40.5 Å². The van der Waals surface area contributed by atoms with Crippen molar-refractivity contribution in [1.82, 2.24) is 10.2 Å². The van der Waals surface area contributed by atoms with Crippen LogP contribution in [0.1, 0.15) is 74.9 Å². The Labute approximate surface area is 261 Å². The number of carbonyl (C=O) groups is 3. The zero-order chi connectivity index (χ0) is 31.9. The highest BCUT2D eigenvalue weighted by molar-refractivity contribution is 6.34. The van der Waals surface area contributed by atoms with Crippen LogP contribution in [0.4, 0.5) is 10.5 Å². The highest BCUT2D eigenvalue weighted by Gasteiger charge is 2.39. The summed E-state index contributed by atoms with van der Waals surface area (Å²) >= 11 is 6.50. The average molecular weight is 606 g/mol. The van der Waals surface area contributed by atoms with E-state index in [1.54, 1.807) is 31.7 Å². The number of benzene rings is 3. The van der Waals surface area contributed by atoms with Crippen molar-refractivity contribution < 1.29 is 19.1 Å². The lowest BCUT2D eigenvalue weighted by Crippen LogP contribution is -2.55. The molecule has 3 rings (SSSR count). The smallest absolute Gasteiger partial charge is 0.408 e. The predicted molar refractivity (Wildman–Crippen MR) is 173 cm³/mol. The van der Waals surface area contributed by atoms with Crippen LogP contribution in [0.5, 0.6) is 0 Å². The van der Waals surface area contributed by atoms with Crippen molar-refractivity contribution in [2.24, 2.45) is 0 Å². The first-order valence-electron chi connectivity index (χ1n) is 14.7. The monoisotopic (exact) mass is 605 g/mol. The molecule has 3 unspecified atom stereocenters. The molecule has 2 N–H and O–H groups in total. The fourth-order valence-corrected chi connectivity index (χ4v) is 5.10. The van der Waals surface area contributed by atoms with Crippen molar-refractivity contribution >= 4 is 35.2 Å². The number of anilines is 1. The summed E-state index contributed by atoms with van der Waals surface area (Å²) in [6.45, 7) is 15.0. The van der Waals surface area contributed by atoms with Gasteiger partial charge in [-0.2, -0.15) is 0 Å². The molecule has 0 bridgehead atoms. The fraction of sp³-hybridized carbons (Fsp3) is 0.400. The fourth-order valence-electron chi connectivity index (χ4n) is 4.83. The molecule has 8 heteroatoms. The number of carbonyl (C=O) groups excluding carboxylic acids is 3. The molecule has 0 aliphatic heterocycles. The molecule has 0 fully saturated rings. The first-order valence-corrected chi connectivity index (χ1v) is 15.1. The van der Waals surface area contributed by atoms with Gasteiger partial charge in [-0.15, -0.1) is 0 Å². The number of halogens is 1. The van der Waals surface area contributed by atoms with Gasteiger partial charge >= 0.3 is 6.09 Å². The number of aryl methyl sites for hydroxylation is 3. The number of nitrogens with zero attached hydrogens (tertiary/aromatic N) is 1. The topological polar surface area (TPSA) is 87.7 Å². The summed E-state index contributed by atoms with van der Waals surface area (Å²) in [6.07, 6.45) is 0.0944. The Morgan fingerprint density at radius 2 is 1.58 bits per heavy atom. The number of alkyl carbamates (subject to hydrolysis) is 1. The van der Waals surface area contributed by atoms with Crippen LogP contribution in [0.3, 0.4) is 0 Å². The van der Waals surface area contributed by atoms with E-state index in [0.29, 0.717) is 22.7 Å². The van der Waals surface area contributed by atoms with Gasteiger partial charge in [0.05, 0.1) is 10.7 Å². The van der Waals surface area contributed by atoms with Gasteiger partial charge < -0.3 is 20.3 Å². The zero-order valence-electron chi connectivity index (χ0n) is 26.5. The minimum atomic E-state index is -1.00. The van der Waals surface area contributed by atoms with E-state index in [0.717, 1.165) is 22.3 Å². The number of amides is 3. The number of para-hydroxylation sites is 1. The highest BCUT2D eigenvalue weighted by atomic mass is 35.5. The van der Waals surface area contributed by atoms with Gasteiger partial charge in [0.1, 0.15) is 17.7 Å². The molecule has 3 amide bonds. The van der Waals surface area contributed by atoms with Gasteiger partial charge in [0.15, 0.2) is 0 Å². The van der Waals surface area contributed by atoms with E-state index in [-0.39, 0.29) is 12.5 Å². The van der Waals surface area contributed by atoms with E-state index in [1.165, 1.54) is 0 Å². The predicted octanol–water partition coefficient (Wildman–Crippen LogP) is 7.71. The molecule has 0 saturated carbocycles. The van der Waals surface area contributed by atoms with Crippen LogP contribution >= 0.6 is 11.6 Å². The van der Waals surface area contributed by atoms with Crippen LogP contribution in [0.2, 0.25) is 5.02 Å². The van der Waals surface area contributed by atoms with Crippen LogP contribution in [0, 0.1) is 20.8 Å². The molecule has 3 aromatic rings. The van der Waals surface area contributed by atoms with Crippen molar-refractivity contribution in [3.63, 3.8) is 0 Å². The second-order valence-electron chi connectivity index (χ2n) is 12.1. The van der Waals surface area contributed by atoms with E-state index >= 15 is 0 Å². The minimum absolute atomic E-state index is 0.219. The van der Waals surface area contributed by atoms with Gasteiger partial charge in [-0.1, -0.05) is 79.2 Å². The number of hydrogen-bond donors (Lipinski definition) is 2. The molecule has 0 radical (unpaired) electrons. The van der Waals surface area contributed by atoms with Crippen molar-refractivity contribution in [2.45, 2.75) is 92.0 Å². The van der Waals surface area contributed by atoms with Gasteiger partial charge in [0, 0.05) is 12.5 Å². The Hall–Kier alpha value is -3.84. The Morgan fingerprint density at radius 3 is 2.16 bits per heavy atom. The molecule has 3 atom stereocenters. The summed E-state index contributed by atoms with van der Waals surface area (Å²) in [5.74, 6) is -0.790. The van der Waals surface area contributed by atoms with Gasteiger partial charge in [-0.3, -0.25) is 9.59 Å².